The molecule has 3 nitrogen and oxygen atoms in total. The maximum absolute atomic E-state index is 10.6. The van der Waals surface area contributed by atoms with Crippen molar-refractivity contribution in [3.05, 3.63) is 0 Å². The van der Waals surface area contributed by atoms with Gasteiger partial charge in [0.2, 0.25) is 5.91 Å². The van der Waals surface area contributed by atoms with Crippen LogP contribution in [0.15, 0.2) is 0 Å². The molecule has 0 aromatic rings. The van der Waals surface area contributed by atoms with Crippen molar-refractivity contribution in [2.24, 2.45) is 0 Å². The van der Waals surface area contributed by atoms with Crippen molar-refractivity contribution in [3.8, 4) is 0 Å². The number of rotatable bonds is 4. The van der Waals surface area contributed by atoms with Gasteiger partial charge in [0.05, 0.1) is 6.61 Å². The summed E-state index contributed by atoms with van der Waals surface area (Å²) < 4.78 is 5.70. The van der Waals surface area contributed by atoms with Gasteiger partial charge in [-0.1, -0.05) is 0 Å². The largest absolute Gasteiger partial charge is 0.366 e. The maximum atomic E-state index is 10.6. The second kappa shape index (κ2) is 8.30. The Morgan fingerprint density at radius 2 is 2.33 bits per heavy atom. The average Bonchev–Trinajstić information content (AvgIpc) is 2.14. The molecule has 1 saturated heterocycles. The quantitative estimate of drug-likeness (QED) is 0.770. The Kier molecular flexibility index (Phi) is 7.30. The van der Waals surface area contributed by atoms with Crippen LogP contribution >= 0.6 is 23.5 Å². The van der Waals surface area contributed by atoms with Crippen LogP contribution in [-0.4, -0.2) is 41.8 Å². The fraction of sp³-hybridized carbons (Fsp3) is 0.900. The van der Waals surface area contributed by atoms with E-state index in [1.165, 1.54) is 30.6 Å². The van der Waals surface area contributed by atoms with E-state index < -0.39 is 0 Å². The van der Waals surface area contributed by atoms with E-state index in [2.05, 4.69) is 5.32 Å². The van der Waals surface area contributed by atoms with Crippen molar-refractivity contribution in [2.45, 2.75) is 25.2 Å². The van der Waals surface area contributed by atoms with Crippen LogP contribution < -0.4 is 5.32 Å². The summed E-state index contributed by atoms with van der Waals surface area (Å²) in [5.74, 6) is 3.68. The predicted octanol–water partition coefficient (Wildman–Crippen LogP) is 1.73. The molecule has 0 spiro atoms. The lowest BCUT2D eigenvalue weighted by Gasteiger charge is -2.19. The van der Waals surface area contributed by atoms with Gasteiger partial charge in [-0.25, -0.2) is 0 Å². The Balaban J connectivity index is 2.04. The Morgan fingerprint density at radius 1 is 1.47 bits per heavy atom. The highest BCUT2D eigenvalue weighted by molar-refractivity contribution is 8.01. The summed E-state index contributed by atoms with van der Waals surface area (Å²) in [5.41, 5.74) is 0.326. The molecule has 1 atom stereocenters. The first-order valence-corrected chi connectivity index (χ1v) is 7.55. The lowest BCUT2D eigenvalue weighted by Crippen LogP contribution is -2.26. The molecular weight excluding hydrogens is 230 g/mol. The zero-order chi connectivity index (χ0) is 10.9. The molecule has 88 valence electrons. The minimum absolute atomic E-state index is 0.0134. The van der Waals surface area contributed by atoms with E-state index in [0.717, 1.165) is 6.42 Å². The van der Waals surface area contributed by atoms with E-state index in [9.17, 15) is 4.79 Å². The second-order valence-electron chi connectivity index (χ2n) is 3.41. The smallest absolute Gasteiger partial charge is 0.216 e. The van der Waals surface area contributed by atoms with Crippen LogP contribution in [-0.2, 0) is 9.53 Å². The molecule has 0 bridgehead atoms. The van der Waals surface area contributed by atoms with Crippen molar-refractivity contribution >= 4 is 29.4 Å². The van der Waals surface area contributed by atoms with Gasteiger partial charge in [0.25, 0.3) is 0 Å². The minimum Gasteiger partial charge on any atom is -0.366 e. The maximum Gasteiger partial charge on any atom is 0.216 e. The molecule has 1 heterocycles. The van der Waals surface area contributed by atoms with E-state index in [-0.39, 0.29) is 5.91 Å². The van der Waals surface area contributed by atoms with E-state index in [1.807, 2.05) is 23.5 Å². The van der Waals surface area contributed by atoms with Crippen LogP contribution in [0.25, 0.3) is 0 Å². The normalized spacial score (nSPS) is 22.9. The summed E-state index contributed by atoms with van der Waals surface area (Å²) in [6.45, 7) is 2.78. The Labute approximate surface area is 100 Å². The molecule has 1 rings (SSSR count). The van der Waals surface area contributed by atoms with Crippen LogP contribution in [0, 0.1) is 0 Å². The zero-order valence-electron chi connectivity index (χ0n) is 9.16. The standard InChI is InChI=1S/C10H19NO2S2/c1-9(12)11-4-5-13-10-3-8-14-6-2-7-15-10/h10H,2-8H2,1H3,(H,11,12). The number of thioether (sulfide) groups is 2. The summed E-state index contributed by atoms with van der Waals surface area (Å²) in [5, 5.41) is 2.73. The molecular formula is C10H19NO2S2. The van der Waals surface area contributed by atoms with Crippen LogP contribution in [0.2, 0.25) is 0 Å². The Hall–Kier alpha value is 0.130. The monoisotopic (exact) mass is 249 g/mol. The summed E-state index contributed by atoms with van der Waals surface area (Å²) >= 11 is 3.92. The van der Waals surface area contributed by atoms with Crippen molar-refractivity contribution in [2.75, 3.05) is 30.4 Å². The van der Waals surface area contributed by atoms with Gasteiger partial charge in [0, 0.05) is 13.5 Å². The molecule has 0 saturated carbocycles. The molecule has 1 unspecified atom stereocenters. The van der Waals surface area contributed by atoms with Gasteiger partial charge in [-0.2, -0.15) is 11.8 Å². The number of ether oxygens (including phenoxy) is 1. The first-order valence-electron chi connectivity index (χ1n) is 5.34. The highest BCUT2D eigenvalue weighted by atomic mass is 32.2. The van der Waals surface area contributed by atoms with Gasteiger partial charge in [-0.3, -0.25) is 4.79 Å². The molecule has 0 radical (unpaired) electrons. The minimum atomic E-state index is 0.0134. The summed E-state index contributed by atoms with van der Waals surface area (Å²) in [6, 6.07) is 0. The fourth-order valence-electron chi connectivity index (χ4n) is 1.29. The first-order chi connectivity index (χ1) is 7.29. The number of carbonyl (C=O) groups excluding carboxylic acids is 1. The second-order valence-corrected chi connectivity index (χ2v) is 5.90. The number of amides is 1. The summed E-state index contributed by atoms with van der Waals surface area (Å²) in [6.07, 6.45) is 2.40. The van der Waals surface area contributed by atoms with E-state index in [4.69, 9.17) is 4.74 Å². The Bertz CT molecular complexity index is 182. The summed E-state index contributed by atoms with van der Waals surface area (Å²) in [7, 11) is 0. The first kappa shape index (κ1) is 13.2. The topological polar surface area (TPSA) is 38.3 Å². The number of hydrogen-bond acceptors (Lipinski definition) is 4. The zero-order valence-corrected chi connectivity index (χ0v) is 10.8. The van der Waals surface area contributed by atoms with Gasteiger partial charge < -0.3 is 10.1 Å². The number of nitrogens with one attached hydrogen (secondary N) is 1. The molecule has 1 amide bonds. The molecule has 0 aromatic carbocycles. The molecule has 15 heavy (non-hydrogen) atoms. The predicted molar refractivity (Wildman–Crippen MR) is 67.4 cm³/mol. The van der Waals surface area contributed by atoms with Crippen LogP contribution in [0.1, 0.15) is 19.8 Å². The molecule has 0 aromatic heterocycles. The summed E-state index contributed by atoms with van der Waals surface area (Å²) in [4.78, 5) is 10.6. The van der Waals surface area contributed by atoms with Crippen molar-refractivity contribution in [1.82, 2.24) is 5.32 Å². The lowest BCUT2D eigenvalue weighted by atomic mass is 10.5. The molecule has 5 heteroatoms. The highest BCUT2D eigenvalue weighted by Crippen LogP contribution is 2.23. The van der Waals surface area contributed by atoms with Crippen LogP contribution in [0.4, 0.5) is 0 Å². The van der Waals surface area contributed by atoms with Crippen molar-refractivity contribution in [3.63, 3.8) is 0 Å². The lowest BCUT2D eigenvalue weighted by molar-refractivity contribution is -0.119. The average molecular weight is 249 g/mol. The fourth-order valence-corrected chi connectivity index (χ4v) is 3.61. The van der Waals surface area contributed by atoms with Crippen LogP contribution in [0.3, 0.4) is 0 Å². The Morgan fingerprint density at radius 3 is 3.13 bits per heavy atom. The van der Waals surface area contributed by atoms with E-state index in [1.54, 1.807) is 0 Å². The molecule has 1 aliphatic rings. The van der Waals surface area contributed by atoms with E-state index in [0.29, 0.717) is 18.6 Å². The van der Waals surface area contributed by atoms with Gasteiger partial charge in [-0.15, -0.1) is 11.8 Å². The third kappa shape index (κ3) is 7.09. The molecule has 1 N–H and O–H groups in total. The number of hydrogen-bond donors (Lipinski definition) is 1. The number of carbonyl (C=O) groups is 1. The molecule has 1 aliphatic heterocycles. The van der Waals surface area contributed by atoms with Gasteiger partial charge >= 0.3 is 0 Å². The third-order valence-electron chi connectivity index (χ3n) is 2.01. The van der Waals surface area contributed by atoms with Crippen LogP contribution in [0.5, 0.6) is 0 Å². The van der Waals surface area contributed by atoms with Gasteiger partial charge in [0.15, 0.2) is 0 Å². The van der Waals surface area contributed by atoms with Crippen molar-refractivity contribution < 1.29 is 9.53 Å². The van der Waals surface area contributed by atoms with Gasteiger partial charge in [0.1, 0.15) is 5.44 Å². The van der Waals surface area contributed by atoms with Gasteiger partial charge in [-0.05, 0) is 30.1 Å². The third-order valence-corrected chi connectivity index (χ3v) is 4.38. The SMILES string of the molecule is CC(=O)NCCOC1CCSCCCS1. The highest BCUT2D eigenvalue weighted by Gasteiger charge is 2.11. The van der Waals surface area contributed by atoms with Crippen molar-refractivity contribution in [1.29, 1.82) is 0 Å². The molecule has 0 aliphatic carbocycles. The molecule has 1 fully saturated rings. The van der Waals surface area contributed by atoms with E-state index >= 15 is 0 Å².